The number of benzene rings is 2. The summed E-state index contributed by atoms with van der Waals surface area (Å²) in [6.07, 6.45) is 1.13. The Morgan fingerprint density at radius 3 is 2.40 bits per heavy atom. The number of aryl methyl sites for hydroxylation is 1. The number of carbonyl (C=O) groups excluding carboxylic acids is 1. The first-order valence-electron chi connectivity index (χ1n) is 10.8. The smallest absolute Gasteiger partial charge is 0.356 e. The second kappa shape index (κ2) is 9.61. The van der Waals surface area contributed by atoms with Crippen molar-refractivity contribution in [3.8, 4) is 5.69 Å². The summed E-state index contributed by atoms with van der Waals surface area (Å²) < 4.78 is 51.3. The Labute approximate surface area is 198 Å². The quantitative estimate of drug-likeness (QED) is 0.374. The molecule has 2 heterocycles. The van der Waals surface area contributed by atoms with Crippen molar-refractivity contribution >= 4 is 5.97 Å². The molecule has 0 N–H and O–H groups in total. The maximum atomic E-state index is 15.0. The Morgan fingerprint density at radius 1 is 1.03 bits per heavy atom. The number of hydrogen-bond acceptors (Lipinski definition) is 5. The summed E-state index contributed by atoms with van der Waals surface area (Å²) in [6.45, 7) is 4.95. The molecule has 2 aromatic heterocycles. The van der Waals surface area contributed by atoms with Crippen LogP contribution in [0.2, 0.25) is 0 Å². The van der Waals surface area contributed by atoms with Gasteiger partial charge in [-0.2, -0.15) is 14.9 Å². The molecule has 0 atom stereocenters. The molecule has 4 rings (SSSR count). The Bertz CT molecular complexity index is 1450. The summed E-state index contributed by atoms with van der Waals surface area (Å²) in [5.41, 5.74) is 0.881. The van der Waals surface area contributed by atoms with Gasteiger partial charge < -0.3 is 4.74 Å². The van der Waals surface area contributed by atoms with Gasteiger partial charge in [-0.1, -0.05) is 12.1 Å². The van der Waals surface area contributed by atoms with Crippen LogP contribution in [0.25, 0.3) is 5.69 Å². The highest BCUT2D eigenvalue weighted by Crippen LogP contribution is 2.19. The van der Waals surface area contributed by atoms with Crippen LogP contribution >= 0.6 is 0 Å². The monoisotopic (exact) mass is 485 g/mol. The Hall–Kier alpha value is -4.15. The first-order chi connectivity index (χ1) is 16.7. The van der Waals surface area contributed by atoms with Crippen LogP contribution in [0.15, 0.2) is 47.5 Å². The molecule has 0 radical (unpaired) electrons. The first-order valence-corrected chi connectivity index (χ1v) is 10.8. The Balaban J connectivity index is 1.61. The highest BCUT2D eigenvalue weighted by atomic mass is 19.1. The van der Waals surface area contributed by atoms with Crippen LogP contribution in [-0.2, 0) is 17.8 Å². The molecular weight excluding hydrogens is 463 g/mol. The molecule has 0 bridgehead atoms. The third-order valence-electron chi connectivity index (χ3n) is 5.62. The fourth-order valence-corrected chi connectivity index (χ4v) is 3.67. The number of ether oxygens (including phenoxy) is 1. The van der Waals surface area contributed by atoms with E-state index in [-0.39, 0.29) is 42.2 Å². The topological polar surface area (TPSA) is 83.9 Å². The second-order valence-electron chi connectivity index (χ2n) is 7.87. The number of halogens is 3. The molecule has 0 amide bonds. The van der Waals surface area contributed by atoms with Crippen molar-refractivity contribution in [2.45, 2.75) is 33.9 Å². The van der Waals surface area contributed by atoms with E-state index in [1.165, 1.54) is 22.9 Å². The van der Waals surface area contributed by atoms with Gasteiger partial charge in [0.05, 0.1) is 31.1 Å². The number of rotatable bonds is 7. The summed E-state index contributed by atoms with van der Waals surface area (Å²) in [5, 5.41) is 8.26. The van der Waals surface area contributed by atoms with Gasteiger partial charge in [0, 0.05) is 22.8 Å². The van der Waals surface area contributed by atoms with Gasteiger partial charge in [-0.25, -0.2) is 22.8 Å². The van der Waals surface area contributed by atoms with E-state index in [1.807, 2.05) is 0 Å². The highest BCUT2D eigenvalue weighted by molar-refractivity contribution is 5.89. The largest absolute Gasteiger partial charge is 0.461 e. The van der Waals surface area contributed by atoms with Crippen LogP contribution in [0.1, 0.15) is 39.8 Å². The molecule has 0 fully saturated rings. The Kier molecular flexibility index (Phi) is 6.59. The molecule has 0 saturated heterocycles. The third kappa shape index (κ3) is 4.61. The van der Waals surface area contributed by atoms with E-state index in [9.17, 15) is 22.8 Å². The van der Waals surface area contributed by atoms with Gasteiger partial charge in [0.2, 0.25) is 0 Å². The van der Waals surface area contributed by atoms with Gasteiger partial charge in [0.25, 0.3) is 0 Å². The molecular formula is C24H22F3N5O3. The average molecular weight is 485 g/mol. The van der Waals surface area contributed by atoms with E-state index in [0.29, 0.717) is 11.3 Å². The molecule has 0 unspecified atom stereocenters. The molecule has 0 aliphatic heterocycles. The van der Waals surface area contributed by atoms with E-state index in [4.69, 9.17) is 4.74 Å². The predicted octanol–water partition coefficient (Wildman–Crippen LogP) is 3.54. The summed E-state index contributed by atoms with van der Waals surface area (Å²) in [5.74, 6) is -2.77. The lowest BCUT2D eigenvalue weighted by molar-refractivity contribution is 0.0511. The minimum atomic E-state index is -0.786. The molecule has 11 heteroatoms. The van der Waals surface area contributed by atoms with Gasteiger partial charge >= 0.3 is 11.7 Å². The zero-order chi connectivity index (χ0) is 25.3. The van der Waals surface area contributed by atoms with Crippen molar-refractivity contribution in [3.63, 3.8) is 0 Å². The third-order valence-corrected chi connectivity index (χ3v) is 5.62. The molecule has 2 aromatic carbocycles. The number of aromatic nitrogens is 5. The van der Waals surface area contributed by atoms with Gasteiger partial charge in [-0.3, -0.25) is 9.25 Å². The lowest BCUT2D eigenvalue weighted by Gasteiger charge is -2.10. The van der Waals surface area contributed by atoms with Crippen molar-refractivity contribution in [2.24, 2.45) is 0 Å². The summed E-state index contributed by atoms with van der Waals surface area (Å²) in [7, 11) is 0. The molecule has 0 aliphatic rings. The average Bonchev–Trinajstić information content (AvgIpc) is 3.31. The van der Waals surface area contributed by atoms with Gasteiger partial charge in [0.15, 0.2) is 0 Å². The van der Waals surface area contributed by atoms with Crippen LogP contribution < -0.4 is 5.69 Å². The van der Waals surface area contributed by atoms with E-state index < -0.39 is 29.1 Å². The fourth-order valence-electron chi connectivity index (χ4n) is 3.67. The zero-order valence-corrected chi connectivity index (χ0v) is 19.3. The summed E-state index contributed by atoms with van der Waals surface area (Å²) in [6, 6.07) is 7.47. The van der Waals surface area contributed by atoms with Gasteiger partial charge in [0.1, 0.15) is 29.5 Å². The molecule has 0 spiro atoms. The maximum absolute atomic E-state index is 15.0. The standard InChI is InChI=1S/C24H22F3N5O3/c1-4-35-23(33)22-14(2)15(3)29-31(22)11-16-8-9-17(10-21(16)27)32-24(34)30(13-28-32)12-18-19(25)6-5-7-20(18)26/h5-10,13H,4,11-12H2,1-3H3. The molecule has 8 nitrogen and oxygen atoms in total. The first kappa shape index (κ1) is 24.0. The predicted molar refractivity (Wildman–Crippen MR) is 120 cm³/mol. The minimum Gasteiger partial charge on any atom is -0.461 e. The summed E-state index contributed by atoms with van der Waals surface area (Å²) in [4.78, 5) is 25.1. The van der Waals surface area contributed by atoms with Gasteiger partial charge in [-0.05, 0) is 39.0 Å². The normalized spacial score (nSPS) is 11.1. The van der Waals surface area contributed by atoms with E-state index in [2.05, 4.69) is 10.2 Å². The van der Waals surface area contributed by atoms with Crippen LogP contribution in [0.5, 0.6) is 0 Å². The lowest BCUT2D eigenvalue weighted by Crippen LogP contribution is -2.25. The molecule has 0 aliphatic carbocycles. The lowest BCUT2D eigenvalue weighted by atomic mass is 10.1. The SMILES string of the molecule is CCOC(=O)c1c(C)c(C)nn1Cc1ccc(-n2ncn(Cc3c(F)cccc3F)c2=O)cc1F. The van der Waals surface area contributed by atoms with Crippen LogP contribution in [-0.4, -0.2) is 36.7 Å². The molecule has 182 valence electrons. The number of nitrogens with zero attached hydrogens (tertiary/aromatic N) is 5. The van der Waals surface area contributed by atoms with Crippen LogP contribution in [0.4, 0.5) is 13.2 Å². The van der Waals surface area contributed by atoms with E-state index >= 15 is 0 Å². The van der Waals surface area contributed by atoms with Crippen molar-refractivity contribution in [3.05, 3.63) is 98.7 Å². The van der Waals surface area contributed by atoms with Crippen LogP contribution in [0, 0.1) is 31.3 Å². The van der Waals surface area contributed by atoms with Crippen molar-refractivity contribution < 1.29 is 22.7 Å². The summed E-state index contributed by atoms with van der Waals surface area (Å²) >= 11 is 0. The minimum absolute atomic E-state index is 0.0369. The van der Waals surface area contributed by atoms with Crippen molar-refractivity contribution in [1.29, 1.82) is 0 Å². The van der Waals surface area contributed by atoms with E-state index in [0.717, 1.165) is 33.8 Å². The molecule has 4 aromatic rings. The fraction of sp³-hybridized carbons (Fsp3) is 0.250. The maximum Gasteiger partial charge on any atom is 0.356 e. The van der Waals surface area contributed by atoms with Crippen molar-refractivity contribution in [1.82, 2.24) is 24.1 Å². The zero-order valence-electron chi connectivity index (χ0n) is 19.3. The molecule has 0 saturated carbocycles. The highest BCUT2D eigenvalue weighted by Gasteiger charge is 2.21. The number of hydrogen-bond donors (Lipinski definition) is 0. The van der Waals surface area contributed by atoms with E-state index in [1.54, 1.807) is 20.8 Å². The second-order valence-corrected chi connectivity index (χ2v) is 7.87. The molecule has 35 heavy (non-hydrogen) atoms. The number of carbonyl (C=O) groups is 1. The Morgan fingerprint density at radius 2 is 1.74 bits per heavy atom. The van der Waals surface area contributed by atoms with Gasteiger partial charge in [-0.15, -0.1) is 0 Å². The van der Waals surface area contributed by atoms with Crippen molar-refractivity contribution in [2.75, 3.05) is 6.61 Å². The number of esters is 1. The van der Waals surface area contributed by atoms with Crippen LogP contribution in [0.3, 0.4) is 0 Å².